The van der Waals surface area contributed by atoms with Crippen LogP contribution in [0.25, 0.3) is 0 Å². The number of ether oxygens (including phenoxy) is 3. The maximum atomic E-state index is 6.86. The molecule has 1 aliphatic rings. The molecule has 0 amide bonds. The first-order chi connectivity index (χ1) is 15.8. The maximum Gasteiger partial charge on any atom is 0.143 e. The summed E-state index contributed by atoms with van der Waals surface area (Å²) in [7, 11) is 3.37. The lowest BCUT2D eigenvalue weighted by molar-refractivity contribution is 0.0102. The van der Waals surface area contributed by atoms with Gasteiger partial charge < -0.3 is 14.2 Å². The first-order valence-corrected chi connectivity index (χ1v) is 11.1. The number of hydrogen-bond acceptors (Lipinski definition) is 3. The van der Waals surface area contributed by atoms with Crippen molar-refractivity contribution in [2.24, 2.45) is 5.92 Å². The summed E-state index contributed by atoms with van der Waals surface area (Å²) in [6.07, 6.45) is 10.8. The molecule has 3 aromatic rings. The van der Waals surface area contributed by atoms with Crippen molar-refractivity contribution in [3.8, 4) is 11.5 Å². The predicted molar refractivity (Wildman–Crippen MR) is 129 cm³/mol. The van der Waals surface area contributed by atoms with Crippen molar-refractivity contribution < 1.29 is 14.2 Å². The van der Waals surface area contributed by atoms with Gasteiger partial charge in [0.05, 0.1) is 14.2 Å². The summed E-state index contributed by atoms with van der Waals surface area (Å²) in [5.74, 6) is 2.15. The topological polar surface area (TPSA) is 27.7 Å². The second kappa shape index (κ2) is 10.3. The molecule has 3 nitrogen and oxygen atoms in total. The van der Waals surface area contributed by atoms with Gasteiger partial charge in [0, 0.05) is 6.61 Å². The molecule has 0 fully saturated rings. The number of hydrogen-bond donors (Lipinski definition) is 0. The summed E-state index contributed by atoms with van der Waals surface area (Å²) in [5, 5.41) is 0. The van der Waals surface area contributed by atoms with E-state index in [0.29, 0.717) is 12.5 Å². The van der Waals surface area contributed by atoms with E-state index < -0.39 is 5.60 Å². The fourth-order valence-electron chi connectivity index (χ4n) is 4.29. The van der Waals surface area contributed by atoms with Gasteiger partial charge in [0.25, 0.3) is 0 Å². The van der Waals surface area contributed by atoms with Crippen LogP contribution in [0, 0.1) is 5.92 Å². The number of benzene rings is 3. The van der Waals surface area contributed by atoms with Gasteiger partial charge in [-0.3, -0.25) is 0 Å². The van der Waals surface area contributed by atoms with Gasteiger partial charge in [0.15, 0.2) is 0 Å². The summed E-state index contributed by atoms with van der Waals surface area (Å²) in [5.41, 5.74) is 2.49. The van der Waals surface area contributed by atoms with Crippen LogP contribution in [0.2, 0.25) is 0 Å². The van der Waals surface area contributed by atoms with E-state index >= 15 is 0 Å². The van der Waals surface area contributed by atoms with Gasteiger partial charge >= 0.3 is 0 Å². The van der Waals surface area contributed by atoms with Gasteiger partial charge in [-0.25, -0.2) is 0 Å². The van der Waals surface area contributed by atoms with Crippen LogP contribution < -0.4 is 9.47 Å². The lowest BCUT2D eigenvalue weighted by Gasteiger charge is -2.36. The number of allylic oxidation sites excluding steroid dienone is 4. The smallest absolute Gasteiger partial charge is 0.143 e. The van der Waals surface area contributed by atoms with Crippen molar-refractivity contribution in [3.63, 3.8) is 0 Å². The normalized spacial score (nSPS) is 13.4. The van der Waals surface area contributed by atoms with Crippen LogP contribution in [-0.2, 0) is 10.3 Å². The highest BCUT2D eigenvalue weighted by Gasteiger charge is 2.37. The third kappa shape index (κ3) is 4.63. The third-order valence-corrected chi connectivity index (χ3v) is 6.00. The zero-order valence-electron chi connectivity index (χ0n) is 18.7. The molecular weight excluding hydrogens is 396 g/mol. The molecule has 0 unspecified atom stereocenters. The Morgan fingerprint density at radius 1 is 0.656 bits per heavy atom. The molecule has 0 saturated heterocycles. The second-order valence-corrected chi connectivity index (χ2v) is 7.93. The van der Waals surface area contributed by atoms with Gasteiger partial charge in [-0.1, -0.05) is 78.9 Å². The zero-order chi connectivity index (χ0) is 22.2. The molecule has 164 valence electrons. The Hall–Kier alpha value is -3.30. The quantitative estimate of drug-likeness (QED) is 0.272. The summed E-state index contributed by atoms with van der Waals surface area (Å²) < 4.78 is 17.7. The van der Waals surface area contributed by atoms with Crippen molar-refractivity contribution >= 4 is 0 Å². The van der Waals surface area contributed by atoms with E-state index in [1.54, 1.807) is 14.2 Å². The van der Waals surface area contributed by atoms with E-state index in [-0.39, 0.29) is 0 Å². The van der Waals surface area contributed by atoms with Crippen molar-refractivity contribution in [2.45, 2.75) is 18.4 Å². The highest BCUT2D eigenvalue weighted by atomic mass is 16.5. The van der Waals surface area contributed by atoms with E-state index in [1.165, 1.54) is 0 Å². The molecular formula is C29H30O3. The fourth-order valence-corrected chi connectivity index (χ4v) is 4.29. The summed E-state index contributed by atoms with van der Waals surface area (Å²) in [4.78, 5) is 0. The lowest BCUT2D eigenvalue weighted by atomic mass is 9.80. The van der Waals surface area contributed by atoms with E-state index in [0.717, 1.165) is 41.0 Å². The van der Waals surface area contributed by atoms with Crippen molar-refractivity contribution in [1.29, 1.82) is 0 Å². The average molecular weight is 427 g/mol. The Labute approximate surface area is 191 Å². The fraction of sp³-hybridized carbons (Fsp3) is 0.241. The minimum absolute atomic E-state index is 0.506. The summed E-state index contributed by atoms with van der Waals surface area (Å²) >= 11 is 0. The molecule has 3 heteroatoms. The van der Waals surface area contributed by atoms with Crippen LogP contribution in [0.15, 0.2) is 103 Å². The van der Waals surface area contributed by atoms with Crippen LogP contribution in [0.4, 0.5) is 0 Å². The molecule has 32 heavy (non-hydrogen) atoms. The number of methoxy groups -OCH3 is 2. The Morgan fingerprint density at radius 3 is 1.66 bits per heavy atom. The van der Waals surface area contributed by atoms with Crippen molar-refractivity contribution in [2.75, 3.05) is 20.8 Å². The first kappa shape index (κ1) is 21.9. The van der Waals surface area contributed by atoms with Gasteiger partial charge in [-0.2, -0.15) is 0 Å². The van der Waals surface area contributed by atoms with E-state index in [9.17, 15) is 0 Å². The lowest BCUT2D eigenvalue weighted by Crippen LogP contribution is -2.33. The van der Waals surface area contributed by atoms with Crippen LogP contribution in [0.5, 0.6) is 11.5 Å². The number of rotatable bonds is 10. The molecule has 0 heterocycles. The first-order valence-electron chi connectivity index (χ1n) is 11.1. The monoisotopic (exact) mass is 426 g/mol. The van der Waals surface area contributed by atoms with Crippen molar-refractivity contribution in [3.05, 3.63) is 120 Å². The summed E-state index contributed by atoms with van der Waals surface area (Å²) in [6, 6.07) is 26.8. The SMILES string of the molecule is COc1ccc(C(OCCCC2C=CC=C2)(c2ccccc2)c2ccc(OC)cc2)cc1. The summed E-state index contributed by atoms with van der Waals surface area (Å²) in [6.45, 7) is 0.644. The van der Waals surface area contributed by atoms with Crippen molar-refractivity contribution in [1.82, 2.24) is 0 Å². The van der Waals surface area contributed by atoms with Gasteiger partial charge in [0.1, 0.15) is 17.1 Å². The minimum atomic E-state index is -0.735. The highest BCUT2D eigenvalue weighted by molar-refractivity contribution is 5.49. The second-order valence-electron chi connectivity index (χ2n) is 7.93. The molecule has 0 N–H and O–H groups in total. The highest BCUT2D eigenvalue weighted by Crippen LogP contribution is 2.41. The van der Waals surface area contributed by atoms with E-state index in [2.05, 4.69) is 72.8 Å². The Balaban J connectivity index is 1.74. The van der Waals surface area contributed by atoms with E-state index in [1.807, 2.05) is 30.3 Å². The zero-order valence-corrected chi connectivity index (χ0v) is 18.7. The van der Waals surface area contributed by atoms with Crippen LogP contribution >= 0.6 is 0 Å². The molecule has 0 aliphatic heterocycles. The molecule has 0 aromatic heterocycles. The minimum Gasteiger partial charge on any atom is -0.497 e. The largest absolute Gasteiger partial charge is 0.497 e. The van der Waals surface area contributed by atoms with Gasteiger partial charge in [0.2, 0.25) is 0 Å². The molecule has 4 rings (SSSR count). The van der Waals surface area contributed by atoms with E-state index in [4.69, 9.17) is 14.2 Å². The molecule has 0 atom stereocenters. The standard InChI is InChI=1S/C29H30O3/c1-30-27-18-14-25(15-19-27)29(24-12-4-3-5-13-24,26-16-20-28(31-2)21-17-26)32-22-8-11-23-9-6-7-10-23/h3-7,9-10,12-21,23H,8,11,22H2,1-2H3. The molecule has 0 spiro atoms. The molecule has 0 saturated carbocycles. The average Bonchev–Trinajstić information content (AvgIpc) is 3.39. The third-order valence-electron chi connectivity index (χ3n) is 6.00. The van der Waals surface area contributed by atoms with Crippen LogP contribution in [0.1, 0.15) is 29.5 Å². The maximum absolute atomic E-state index is 6.86. The molecule has 0 radical (unpaired) electrons. The Kier molecular flexibility index (Phi) is 7.08. The molecule has 1 aliphatic carbocycles. The molecule has 3 aromatic carbocycles. The molecule has 0 bridgehead atoms. The van der Waals surface area contributed by atoms with Crippen LogP contribution in [-0.4, -0.2) is 20.8 Å². The predicted octanol–water partition coefficient (Wildman–Crippen LogP) is 6.53. The Morgan fingerprint density at radius 2 is 1.16 bits per heavy atom. The Bertz CT molecular complexity index is 975. The van der Waals surface area contributed by atoms with Gasteiger partial charge in [-0.15, -0.1) is 0 Å². The van der Waals surface area contributed by atoms with Crippen LogP contribution in [0.3, 0.4) is 0 Å². The van der Waals surface area contributed by atoms with Gasteiger partial charge in [-0.05, 0) is 59.7 Å².